The van der Waals surface area contributed by atoms with Gasteiger partial charge in [0, 0.05) is 20.3 Å². The van der Waals surface area contributed by atoms with Crippen LogP contribution in [0, 0.1) is 0 Å². The van der Waals surface area contributed by atoms with E-state index in [1.54, 1.807) is 7.11 Å². The van der Waals surface area contributed by atoms with Gasteiger partial charge in [0.05, 0.1) is 26.4 Å². The van der Waals surface area contributed by atoms with E-state index in [0.29, 0.717) is 19.8 Å². The first kappa shape index (κ1) is 15.3. The van der Waals surface area contributed by atoms with Crippen molar-refractivity contribution in [3.63, 3.8) is 0 Å². The average Bonchev–Trinajstić information content (AvgIpc) is 2.15. The zero-order valence-electron chi connectivity index (χ0n) is 8.91. The first-order valence-corrected chi connectivity index (χ1v) is 4.58. The van der Waals surface area contributed by atoms with Crippen LogP contribution < -0.4 is 0 Å². The maximum Gasteiger partial charge on any atom is 0.0701 e. The Hall–Kier alpha value is -0.160. The fourth-order valence-electron chi connectivity index (χ4n) is 0.513. The summed E-state index contributed by atoms with van der Waals surface area (Å²) in [6, 6.07) is 0. The van der Waals surface area contributed by atoms with Gasteiger partial charge in [-0.05, 0) is 13.8 Å². The number of hydrogen-bond acceptors (Lipinski definition) is 4. The molecule has 0 aliphatic rings. The molecule has 0 aromatic rings. The van der Waals surface area contributed by atoms with E-state index in [2.05, 4.69) is 4.74 Å². The Morgan fingerprint density at radius 1 is 0.923 bits per heavy atom. The first-order chi connectivity index (χ1) is 6.33. The molecule has 0 spiro atoms. The van der Waals surface area contributed by atoms with Crippen LogP contribution in [-0.2, 0) is 14.2 Å². The summed E-state index contributed by atoms with van der Waals surface area (Å²) < 4.78 is 14.4. The van der Waals surface area contributed by atoms with Crippen molar-refractivity contribution in [1.82, 2.24) is 0 Å². The van der Waals surface area contributed by atoms with Gasteiger partial charge in [-0.2, -0.15) is 0 Å². The molecular weight excluding hydrogens is 172 g/mol. The molecule has 13 heavy (non-hydrogen) atoms. The number of hydrogen-bond donors (Lipinski definition) is 1. The third-order valence-corrected chi connectivity index (χ3v) is 1.08. The molecule has 0 amide bonds. The van der Waals surface area contributed by atoms with Crippen molar-refractivity contribution >= 4 is 0 Å². The highest BCUT2D eigenvalue weighted by molar-refractivity contribution is 4.26. The number of aliphatic hydroxyl groups excluding tert-OH is 1. The van der Waals surface area contributed by atoms with Crippen LogP contribution in [0.3, 0.4) is 0 Å². The lowest BCUT2D eigenvalue weighted by Crippen LogP contribution is -2.05. The Bertz CT molecular complexity index is 60.6. The Labute approximate surface area is 80.8 Å². The molecule has 0 heterocycles. The van der Waals surface area contributed by atoms with Gasteiger partial charge in [-0.3, -0.25) is 0 Å². The molecule has 0 saturated carbocycles. The monoisotopic (exact) mass is 194 g/mol. The summed E-state index contributed by atoms with van der Waals surface area (Å²) >= 11 is 0. The SMILES string of the molecule is CCOCC.COCCOCCO. The van der Waals surface area contributed by atoms with Crippen LogP contribution in [0.25, 0.3) is 0 Å². The molecular formula is C9H22O4. The molecule has 1 N–H and O–H groups in total. The first-order valence-electron chi connectivity index (χ1n) is 4.58. The van der Waals surface area contributed by atoms with Gasteiger partial charge in [-0.15, -0.1) is 0 Å². The molecule has 4 heteroatoms. The van der Waals surface area contributed by atoms with Crippen LogP contribution >= 0.6 is 0 Å². The predicted octanol–water partition coefficient (Wildman–Crippen LogP) is 0.685. The third-order valence-electron chi connectivity index (χ3n) is 1.08. The van der Waals surface area contributed by atoms with Gasteiger partial charge in [0.15, 0.2) is 0 Å². The summed E-state index contributed by atoms with van der Waals surface area (Å²) in [6.45, 7) is 7.32. The van der Waals surface area contributed by atoms with Crippen molar-refractivity contribution in [3.05, 3.63) is 0 Å². The second kappa shape index (κ2) is 17.8. The lowest BCUT2D eigenvalue weighted by molar-refractivity contribution is 0.0500. The normalized spacial score (nSPS) is 9.23. The smallest absolute Gasteiger partial charge is 0.0701 e. The number of aliphatic hydroxyl groups is 1. The highest BCUT2D eigenvalue weighted by atomic mass is 16.5. The molecule has 0 radical (unpaired) electrons. The third kappa shape index (κ3) is 24.5. The second-order valence-corrected chi connectivity index (χ2v) is 2.11. The lowest BCUT2D eigenvalue weighted by Gasteiger charge is -1.98. The van der Waals surface area contributed by atoms with Crippen molar-refractivity contribution in [1.29, 1.82) is 0 Å². The van der Waals surface area contributed by atoms with Gasteiger partial charge in [0.2, 0.25) is 0 Å². The molecule has 0 aromatic heterocycles. The predicted molar refractivity (Wildman–Crippen MR) is 51.9 cm³/mol. The Balaban J connectivity index is 0. The fraction of sp³-hybridized carbons (Fsp3) is 1.00. The average molecular weight is 194 g/mol. The summed E-state index contributed by atoms with van der Waals surface area (Å²) in [7, 11) is 1.61. The van der Waals surface area contributed by atoms with Gasteiger partial charge >= 0.3 is 0 Å². The van der Waals surface area contributed by atoms with Crippen LogP contribution in [0.4, 0.5) is 0 Å². The molecule has 0 fully saturated rings. The fourth-order valence-corrected chi connectivity index (χ4v) is 0.513. The van der Waals surface area contributed by atoms with Gasteiger partial charge in [0.1, 0.15) is 0 Å². The number of methoxy groups -OCH3 is 1. The molecule has 0 atom stereocenters. The minimum absolute atomic E-state index is 0.0870. The van der Waals surface area contributed by atoms with E-state index in [-0.39, 0.29) is 6.61 Å². The van der Waals surface area contributed by atoms with Crippen molar-refractivity contribution in [2.75, 3.05) is 46.8 Å². The molecule has 0 rings (SSSR count). The zero-order valence-corrected chi connectivity index (χ0v) is 8.91. The maximum atomic E-state index is 8.20. The molecule has 0 aliphatic carbocycles. The Morgan fingerprint density at radius 2 is 1.54 bits per heavy atom. The second-order valence-electron chi connectivity index (χ2n) is 2.11. The van der Waals surface area contributed by atoms with E-state index in [1.165, 1.54) is 0 Å². The number of ether oxygens (including phenoxy) is 3. The van der Waals surface area contributed by atoms with E-state index in [9.17, 15) is 0 Å². The molecule has 4 nitrogen and oxygen atoms in total. The Kier molecular flexibility index (Phi) is 21.0. The summed E-state index contributed by atoms with van der Waals surface area (Å²) in [5.74, 6) is 0. The largest absolute Gasteiger partial charge is 0.394 e. The van der Waals surface area contributed by atoms with Crippen LogP contribution in [0.15, 0.2) is 0 Å². The molecule has 0 unspecified atom stereocenters. The quantitative estimate of drug-likeness (QED) is 0.606. The molecule has 82 valence electrons. The summed E-state index contributed by atoms with van der Waals surface area (Å²) in [5.41, 5.74) is 0. The zero-order chi connectivity index (χ0) is 10.4. The van der Waals surface area contributed by atoms with Gasteiger partial charge < -0.3 is 19.3 Å². The molecule has 0 aliphatic heterocycles. The van der Waals surface area contributed by atoms with E-state index < -0.39 is 0 Å². The van der Waals surface area contributed by atoms with Crippen LogP contribution in [-0.4, -0.2) is 51.9 Å². The molecule has 0 aromatic carbocycles. The minimum atomic E-state index is 0.0870. The maximum absolute atomic E-state index is 8.20. The summed E-state index contributed by atoms with van der Waals surface area (Å²) in [5, 5.41) is 8.20. The van der Waals surface area contributed by atoms with Crippen molar-refractivity contribution in [2.45, 2.75) is 13.8 Å². The summed E-state index contributed by atoms with van der Waals surface area (Å²) in [4.78, 5) is 0. The highest BCUT2D eigenvalue weighted by Gasteiger charge is 1.82. The van der Waals surface area contributed by atoms with Crippen molar-refractivity contribution in [3.8, 4) is 0 Å². The summed E-state index contributed by atoms with van der Waals surface area (Å²) in [6.07, 6.45) is 0. The Morgan fingerprint density at radius 3 is 1.85 bits per heavy atom. The van der Waals surface area contributed by atoms with E-state index in [0.717, 1.165) is 13.2 Å². The topological polar surface area (TPSA) is 47.9 Å². The number of rotatable bonds is 7. The minimum Gasteiger partial charge on any atom is -0.394 e. The standard InChI is InChI=1S/C5H12O3.C4H10O/c1-7-4-5-8-3-2-6;1-3-5-4-2/h6H,2-5H2,1H3;3-4H2,1-2H3. The van der Waals surface area contributed by atoms with Gasteiger partial charge in [-0.1, -0.05) is 0 Å². The van der Waals surface area contributed by atoms with Crippen molar-refractivity contribution in [2.24, 2.45) is 0 Å². The van der Waals surface area contributed by atoms with Gasteiger partial charge in [-0.25, -0.2) is 0 Å². The molecule has 0 bridgehead atoms. The van der Waals surface area contributed by atoms with E-state index in [1.807, 2.05) is 13.8 Å². The van der Waals surface area contributed by atoms with Crippen LogP contribution in [0.2, 0.25) is 0 Å². The highest BCUT2D eigenvalue weighted by Crippen LogP contribution is 1.72. The van der Waals surface area contributed by atoms with Crippen LogP contribution in [0.1, 0.15) is 13.8 Å². The van der Waals surface area contributed by atoms with E-state index >= 15 is 0 Å². The van der Waals surface area contributed by atoms with E-state index in [4.69, 9.17) is 14.6 Å². The van der Waals surface area contributed by atoms with Crippen molar-refractivity contribution < 1.29 is 19.3 Å². The van der Waals surface area contributed by atoms with Crippen LogP contribution in [0.5, 0.6) is 0 Å². The molecule has 0 saturated heterocycles. The lowest BCUT2D eigenvalue weighted by atomic mass is 10.7. The van der Waals surface area contributed by atoms with Gasteiger partial charge in [0.25, 0.3) is 0 Å².